The molecule has 0 aliphatic heterocycles. The van der Waals surface area contributed by atoms with Crippen molar-refractivity contribution in [2.24, 2.45) is 35.5 Å². The zero-order chi connectivity index (χ0) is 23.6. The van der Waals surface area contributed by atoms with Crippen molar-refractivity contribution in [3.05, 3.63) is 48.0 Å². The first-order chi connectivity index (χ1) is 16.7. The molecule has 1 aromatic rings. The molecule has 0 bridgehead atoms. The van der Waals surface area contributed by atoms with Crippen LogP contribution in [0.25, 0.3) is 0 Å². The third kappa shape index (κ3) is 7.99. The van der Waals surface area contributed by atoms with Gasteiger partial charge >= 0.3 is 0 Å². The third-order valence-corrected chi connectivity index (χ3v) is 10.4. The standard InChI is InChI=1S/C34H54/c1-3-4-6-9-28-12-14-29(15-13-28)16-17-30-18-22-33(23-19-30)34-24-20-31(21-25-34)26-27(2)32-10-7-5-8-11-32/h3-5,7-8,10-11,27-31,33-34H,6,9,12-26H2,1-2H3/t27-,28?,29?,30?,31?,33?,34?/m0/s1. The van der Waals surface area contributed by atoms with Gasteiger partial charge in [-0.25, -0.2) is 0 Å². The van der Waals surface area contributed by atoms with Crippen molar-refractivity contribution < 1.29 is 0 Å². The minimum absolute atomic E-state index is 0.728. The minimum atomic E-state index is 0.728. The summed E-state index contributed by atoms with van der Waals surface area (Å²) in [6.07, 6.45) is 30.2. The van der Waals surface area contributed by atoms with Crippen molar-refractivity contribution in [2.75, 3.05) is 0 Å². The van der Waals surface area contributed by atoms with E-state index in [4.69, 9.17) is 0 Å². The van der Waals surface area contributed by atoms with Crippen LogP contribution in [0.5, 0.6) is 0 Å². The molecular formula is C34H54. The van der Waals surface area contributed by atoms with Crippen LogP contribution in [0, 0.1) is 35.5 Å². The van der Waals surface area contributed by atoms with E-state index in [2.05, 4.69) is 56.3 Å². The fourth-order valence-corrected chi connectivity index (χ4v) is 8.04. The van der Waals surface area contributed by atoms with E-state index in [0.717, 1.165) is 41.4 Å². The summed E-state index contributed by atoms with van der Waals surface area (Å²) in [5.41, 5.74) is 1.54. The lowest BCUT2D eigenvalue weighted by Crippen LogP contribution is -2.26. The Bertz CT molecular complexity index is 678. The molecule has 0 nitrogen and oxygen atoms in total. The van der Waals surface area contributed by atoms with Gasteiger partial charge in [-0.05, 0) is 98.9 Å². The number of hydrogen-bond acceptors (Lipinski definition) is 0. The zero-order valence-corrected chi connectivity index (χ0v) is 22.6. The van der Waals surface area contributed by atoms with Crippen LogP contribution < -0.4 is 0 Å². The van der Waals surface area contributed by atoms with E-state index in [0.29, 0.717) is 0 Å². The molecule has 0 heterocycles. The van der Waals surface area contributed by atoms with Gasteiger partial charge < -0.3 is 0 Å². The third-order valence-electron chi connectivity index (χ3n) is 10.4. The van der Waals surface area contributed by atoms with Crippen LogP contribution in [0.3, 0.4) is 0 Å². The SMILES string of the molecule is CC=CCCC1CCC(CCC2CCC(C3CCC(C[C@H](C)c4ccccc4)CC3)CC2)CC1. The van der Waals surface area contributed by atoms with Crippen molar-refractivity contribution in [3.63, 3.8) is 0 Å². The topological polar surface area (TPSA) is 0 Å². The fourth-order valence-electron chi connectivity index (χ4n) is 8.04. The van der Waals surface area contributed by atoms with E-state index in [-0.39, 0.29) is 0 Å². The molecule has 0 radical (unpaired) electrons. The van der Waals surface area contributed by atoms with Gasteiger partial charge in [0.25, 0.3) is 0 Å². The maximum absolute atomic E-state index is 2.44. The van der Waals surface area contributed by atoms with Crippen LogP contribution in [-0.4, -0.2) is 0 Å². The summed E-state index contributed by atoms with van der Waals surface area (Å²) < 4.78 is 0. The lowest BCUT2D eigenvalue weighted by Gasteiger charge is -2.39. The summed E-state index contributed by atoms with van der Waals surface area (Å²) in [7, 11) is 0. The Labute approximate surface area is 212 Å². The van der Waals surface area contributed by atoms with E-state index >= 15 is 0 Å². The van der Waals surface area contributed by atoms with Gasteiger partial charge in [0.2, 0.25) is 0 Å². The Kier molecular flexibility index (Phi) is 10.6. The van der Waals surface area contributed by atoms with Crippen molar-refractivity contribution in [2.45, 2.75) is 129 Å². The second kappa shape index (κ2) is 13.9. The van der Waals surface area contributed by atoms with Crippen molar-refractivity contribution in [1.82, 2.24) is 0 Å². The van der Waals surface area contributed by atoms with Crippen LogP contribution in [-0.2, 0) is 0 Å². The molecule has 4 rings (SSSR count). The van der Waals surface area contributed by atoms with Gasteiger partial charge in [-0.3, -0.25) is 0 Å². The summed E-state index contributed by atoms with van der Waals surface area (Å²) in [6, 6.07) is 11.2. The molecule has 0 amide bonds. The van der Waals surface area contributed by atoms with Gasteiger partial charge in [0.1, 0.15) is 0 Å². The lowest BCUT2D eigenvalue weighted by atomic mass is 9.67. The van der Waals surface area contributed by atoms with E-state index < -0.39 is 0 Å². The largest absolute Gasteiger partial charge is 0.0917 e. The highest BCUT2D eigenvalue weighted by molar-refractivity contribution is 5.18. The molecular weight excluding hydrogens is 408 g/mol. The maximum Gasteiger partial charge on any atom is -0.0188 e. The molecule has 1 aromatic carbocycles. The Morgan fingerprint density at radius 3 is 1.65 bits per heavy atom. The monoisotopic (exact) mass is 462 g/mol. The van der Waals surface area contributed by atoms with Gasteiger partial charge in [-0.2, -0.15) is 0 Å². The van der Waals surface area contributed by atoms with Crippen molar-refractivity contribution in [1.29, 1.82) is 0 Å². The molecule has 190 valence electrons. The van der Waals surface area contributed by atoms with E-state index in [1.165, 1.54) is 70.6 Å². The zero-order valence-electron chi connectivity index (χ0n) is 22.6. The Balaban J connectivity index is 1.07. The Morgan fingerprint density at radius 2 is 1.12 bits per heavy atom. The summed E-state index contributed by atoms with van der Waals surface area (Å²) in [4.78, 5) is 0. The predicted molar refractivity (Wildman–Crippen MR) is 149 cm³/mol. The molecule has 0 saturated heterocycles. The molecule has 0 aromatic heterocycles. The molecule has 0 N–H and O–H groups in total. The quantitative estimate of drug-likeness (QED) is 0.303. The molecule has 0 spiro atoms. The molecule has 0 unspecified atom stereocenters. The van der Waals surface area contributed by atoms with Crippen molar-refractivity contribution in [3.8, 4) is 0 Å². The highest BCUT2D eigenvalue weighted by Crippen LogP contribution is 2.44. The number of hydrogen-bond donors (Lipinski definition) is 0. The minimum Gasteiger partial charge on any atom is -0.0917 e. The fraction of sp³-hybridized carbons (Fsp3) is 0.765. The highest BCUT2D eigenvalue weighted by Gasteiger charge is 2.31. The molecule has 1 atom stereocenters. The number of allylic oxidation sites excluding steroid dienone is 2. The van der Waals surface area contributed by atoms with Gasteiger partial charge in [-0.1, -0.05) is 114 Å². The molecule has 0 heteroatoms. The summed E-state index contributed by atoms with van der Waals surface area (Å²) in [5.74, 6) is 6.97. The maximum atomic E-state index is 2.44. The van der Waals surface area contributed by atoms with Gasteiger partial charge in [0, 0.05) is 0 Å². The van der Waals surface area contributed by atoms with Crippen LogP contribution >= 0.6 is 0 Å². The molecule has 3 aliphatic rings. The predicted octanol–water partition coefficient (Wildman–Crippen LogP) is 10.7. The van der Waals surface area contributed by atoms with Crippen LogP contribution in [0.15, 0.2) is 42.5 Å². The van der Waals surface area contributed by atoms with E-state index in [1.54, 1.807) is 44.1 Å². The Morgan fingerprint density at radius 1 is 0.647 bits per heavy atom. The molecule has 34 heavy (non-hydrogen) atoms. The Hall–Kier alpha value is -1.04. The first-order valence-corrected chi connectivity index (χ1v) is 15.4. The second-order valence-corrected chi connectivity index (χ2v) is 12.7. The van der Waals surface area contributed by atoms with Crippen molar-refractivity contribution >= 4 is 0 Å². The van der Waals surface area contributed by atoms with Gasteiger partial charge in [0.15, 0.2) is 0 Å². The number of rotatable bonds is 10. The summed E-state index contributed by atoms with van der Waals surface area (Å²) >= 11 is 0. The average molecular weight is 463 g/mol. The smallest absolute Gasteiger partial charge is 0.0188 e. The molecule has 3 saturated carbocycles. The first-order valence-electron chi connectivity index (χ1n) is 15.4. The van der Waals surface area contributed by atoms with Crippen LogP contribution in [0.2, 0.25) is 0 Å². The van der Waals surface area contributed by atoms with Gasteiger partial charge in [0.05, 0.1) is 0 Å². The number of benzene rings is 1. The van der Waals surface area contributed by atoms with Crippen LogP contribution in [0.1, 0.15) is 134 Å². The van der Waals surface area contributed by atoms with E-state index in [9.17, 15) is 0 Å². The summed E-state index contributed by atoms with van der Waals surface area (Å²) in [6.45, 7) is 4.60. The normalized spacial score (nSPS) is 33.7. The van der Waals surface area contributed by atoms with Gasteiger partial charge in [-0.15, -0.1) is 0 Å². The lowest BCUT2D eigenvalue weighted by molar-refractivity contribution is 0.135. The summed E-state index contributed by atoms with van der Waals surface area (Å²) in [5, 5.41) is 0. The highest BCUT2D eigenvalue weighted by atomic mass is 14.4. The molecule has 3 aliphatic carbocycles. The second-order valence-electron chi connectivity index (χ2n) is 12.7. The molecule has 3 fully saturated rings. The van der Waals surface area contributed by atoms with Crippen LogP contribution in [0.4, 0.5) is 0 Å². The van der Waals surface area contributed by atoms with E-state index in [1.807, 2.05) is 0 Å². The average Bonchev–Trinajstić information content (AvgIpc) is 2.90. The first kappa shape index (κ1) is 26.0.